The van der Waals surface area contributed by atoms with E-state index in [-0.39, 0.29) is 18.3 Å². The van der Waals surface area contributed by atoms with Crippen LogP contribution in [0.15, 0.2) is 24.3 Å². The number of aliphatic carboxylic acids is 1. The van der Waals surface area contributed by atoms with Crippen molar-refractivity contribution in [1.82, 2.24) is 4.90 Å². The van der Waals surface area contributed by atoms with E-state index in [1.54, 1.807) is 12.1 Å². The smallest absolute Gasteiger partial charge is 0.317 e. The molecule has 0 aliphatic heterocycles. The van der Waals surface area contributed by atoms with Crippen LogP contribution in [0.4, 0.5) is 0 Å². The molecule has 0 amide bonds. The average Bonchev–Trinajstić information content (AvgIpc) is 2.27. The first kappa shape index (κ1) is 14.5. The van der Waals surface area contributed by atoms with Crippen molar-refractivity contribution in [3.8, 4) is 5.75 Å². The molecule has 1 atom stereocenters. The molecule has 100 valence electrons. The lowest BCUT2D eigenvalue weighted by Gasteiger charge is -2.29. The van der Waals surface area contributed by atoms with Gasteiger partial charge in [0, 0.05) is 12.6 Å². The molecule has 1 unspecified atom stereocenters. The Bertz CT molecular complexity index is 387. The van der Waals surface area contributed by atoms with Crippen LogP contribution in [0, 0.1) is 5.92 Å². The summed E-state index contributed by atoms with van der Waals surface area (Å²) in [5, 5.41) is 18.2. The highest BCUT2D eigenvalue weighted by Gasteiger charge is 2.19. The Labute approximate surface area is 108 Å². The summed E-state index contributed by atoms with van der Waals surface area (Å²) >= 11 is 0. The normalized spacial score (nSPS) is 12.9. The van der Waals surface area contributed by atoms with Gasteiger partial charge in [-0.2, -0.15) is 0 Å². The average molecular weight is 251 g/mol. The minimum absolute atomic E-state index is 0.0177. The highest BCUT2D eigenvalue weighted by atomic mass is 16.4. The van der Waals surface area contributed by atoms with E-state index in [1.807, 2.05) is 24.0 Å². The number of carboxylic acids is 1. The molecule has 4 heteroatoms. The van der Waals surface area contributed by atoms with Gasteiger partial charge in [0.15, 0.2) is 0 Å². The fraction of sp³-hybridized carbons (Fsp3) is 0.500. The van der Waals surface area contributed by atoms with Crippen molar-refractivity contribution in [2.75, 3.05) is 13.1 Å². The molecule has 0 aliphatic carbocycles. The third-order valence-electron chi connectivity index (χ3n) is 2.86. The molecule has 1 rings (SSSR count). The van der Waals surface area contributed by atoms with E-state index in [0.29, 0.717) is 5.92 Å². The third kappa shape index (κ3) is 4.37. The van der Waals surface area contributed by atoms with Crippen LogP contribution >= 0.6 is 0 Å². The molecule has 18 heavy (non-hydrogen) atoms. The molecule has 0 heterocycles. The summed E-state index contributed by atoms with van der Waals surface area (Å²) in [4.78, 5) is 12.8. The maximum Gasteiger partial charge on any atom is 0.317 e. The van der Waals surface area contributed by atoms with Gasteiger partial charge in [0.1, 0.15) is 5.75 Å². The molecule has 0 aliphatic rings. The lowest BCUT2D eigenvalue weighted by Crippen LogP contribution is -2.35. The SMILES string of the molecule is CC(C)CN(CC(=O)O)C(C)c1ccc(O)cc1. The summed E-state index contributed by atoms with van der Waals surface area (Å²) in [6.07, 6.45) is 0. The van der Waals surface area contributed by atoms with E-state index in [1.165, 1.54) is 0 Å². The van der Waals surface area contributed by atoms with Crippen LogP contribution in [0.1, 0.15) is 32.4 Å². The van der Waals surface area contributed by atoms with Crippen molar-refractivity contribution in [3.63, 3.8) is 0 Å². The predicted octanol–water partition coefficient (Wildman–Crippen LogP) is 2.50. The molecule has 0 spiro atoms. The zero-order chi connectivity index (χ0) is 13.7. The first-order chi connectivity index (χ1) is 8.40. The first-order valence-corrected chi connectivity index (χ1v) is 6.15. The molecule has 0 saturated carbocycles. The molecule has 4 nitrogen and oxygen atoms in total. The second-order valence-electron chi connectivity index (χ2n) is 4.98. The van der Waals surface area contributed by atoms with Gasteiger partial charge in [-0.05, 0) is 30.5 Å². The van der Waals surface area contributed by atoms with E-state index < -0.39 is 5.97 Å². The molecular formula is C14H21NO3. The second-order valence-corrected chi connectivity index (χ2v) is 4.98. The number of benzene rings is 1. The number of carboxylic acid groups (broad SMARTS) is 1. The van der Waals surface area contributed by atoms with Crippen molar-refractivity contribution in [2.45, 2.75) is 26.8 Å². The van der Waals surface area contributed by atoms with Gasteiger partial charge in [-0.15, -0.1) is 0 Å². The number of carbonyl (C=O) groups is 1. The Morgan fingerprint density at radius 1 is 1.22 bits per heavy atom. The molecular weight excluding hydrogens is 230 g/mol. The summed E-state index contributed by atoms with van der Waals surface area (Å²) in [7, 11) is 0. The van der Waals surface area contributed by atoms with E-state index >= 15 is 0 Å². The van der Waals surface area contributed by atoms with Gasteiger partial charge in [0.05, 0.1) is 6.54 Å². The Morgan fingerprint density at radius 2 is 1.78 bits per heavy atom. The van der Waals surface area contributed by atoms with Crippen molar-refractivity contribution in [2.24, 2.45) is 5.92 Å². The monoisotopic (exact) mass is 251 g/mol. The van der Waals surface area contributed by atoms with Crippen LogP contribution in [-0.2, 0) is 4.79 Å². The van der Waals surface area contributed by atoms with Gasteiger partial charge in [0.25, 0.3) is 0 Å². The number of aromatic hydroxyl groups is 1. The Morgan fingerprint density at radius 3 is 2.22 bits per heavy atom. The topological polar surface area (TPSA) is 60.8 Å². The quantitative estimate of drug-likeness (QED) is 0.815. The lowest BCUT2D eigenvalue weighted by molar-refractivity contribution is -0.139. The van der Waals surface area contributed by atoms with Crippen molar-refractivity contribution < 1.29 is 15.0 Å². The number of phenols is 1. The van der Waals surface area contributed by atoms with Crippen LogP contribution in [0.3, 0.4) is 0 Å². The number of rotatable bonds is 6. The van der Waals surface area contributed by atoms with Crippen LogP contribution in [0.5, 0.6) is 5.75 Å². The third-order valence-corrected chi connectivity index (χ3v) is 2.86. The van der Waals surface area contributed by atoms with Gasteiger partial charge in [-0.3, -0.25) is 9.69 Å². The van der Waals surface area contributed by atoms with E-state index in [2.05, 4.69) is 13.8 Å². The van der Waals surface area contributed by atoms with Crippen molar-refractivity contribution in [3.05, 3.63) is 29.8 Å². The predicted molar refractivity (Wildman–Crippen MR) is 70.6 cm³/mol. The summed E-state index contributed by atoms with van der Waals surface area (Å²) in [6.45, 7) is 6.88. The summed E-state index contributed by atoms with van der Waals surface area (Å²) in [5.41, 5.74) is 1.01. The van der Waals surface area contributed by atoms with Gasteiger partial charge >= 0.3 is 5.97 Å². The van der Waals surface area contributed by atoms with Crippen molar-refractivity contribution in [1.29, 1.82) is 0 Å². The van der Waals surface area contributed by atoms with Crippen molar-refractivity contribution >= 4 is 5.97 Å². The number of hydrogen-bond donors (Lipinski definition) is 2. The molecule has 0 aromatic heterocycles. The van der Waals surface area contributed by atoms with Crippen LogP contribution in [0.2, 0.25) is 0 Å². The Hall–Kier alpha value is -1.55. The summed E-state index contributed by atoms with van der Waals surface area (Å²) in [5.74, 6) is -0.190. The molecule has 1 aromatic carbocycles. The fourth-order valence-electron chi connectivity index (χ4n) is 1.97. The standard InChI is InChI=1S/C14H21NO3/c1-10(2)8-15(9-14(17)18)11(3)12-4-6-13(16)7-5-12/h4-7,10-11,16H,8-9H2,1-3H3,(H,17,18). The molecule has 1 aromatic rings. The maximum absolute atomic E-state index is 10.9. The van der Waals surface area contributed by atoms with E-state index in [0.717, 1.165) is 12.1 Å². The number of phenolic OH excluding ortho intramolecular Hbond substituents is 1. The fourth-order valence-corrected chi connectivity index (χ4v) is 1.97. The van der Waals surface area contributed by atoms with Gasteiger partial charge < -0.3 is 10.2 Å². The highest BCUT2D eigenvalue weighted by Crippen LogP contribution is 2.22. The second kappa shape index (κ2) is 6.40. The molecule has 0 bridgehead atoms. The molecule has 0 fully saturated rings. The van der Waals surface area contributed by atoms with Gasteiger partial charge in [0.2, 0.25) is 0 Å². The van der Waals surface area contributed by atoms with Crippen LogP contribution in [0.25, 0.3) is 0 Å². The minimum atomic E-state index is -0.818. The zero-order valence-electron chi connectivity index (χ0n) is 11.1. The lowest BCUT2D eigenvalue weighted by atomic mass is 10.1. The van der Waals surface area contributed by atoms with Crippen LogP contribution in [-0.4, -0.2) is 34.2 Å². The Kier molecular flexibility index (Phi) is 5.16. The summed E-state index contributed by atoms with van der Waals surface area (Å²) in [6, 6.07) is 6.93. The largest absolute Gasteiger partial charge is 0.508 e. The number of hydrogen-bond acceptors (Lipinski definition) is 3. The van der Waals surface area contributed by atoms with Crippen LogP contribution < -0.4 is 0 Å². The molecule has 0 radical (unpaired) electrons. The highest BCUT2D eigenvalue weighted by molar-refractivity contribution is 5.69. The van der Waals surface area contributed by atoms with E-state index in [4.69, 9.17) is 5.11 Å². The Balaban J connectivity index is 2.83. The molecule has 0 saturated heterocycles. The number of nitrogens with zero attached hydrogens (tertiary/aromatic N) is 1. The van der Waals surface area contributed by atoms with Gasteiger partial charge in [-0.25, -0.2) is 0 Å². The van der Waals surface area contributed by atoms with Gasteiger partial charge in [-0.1, -0.05) is 26.0 Å². The van der Waals surface area contributed by atoms with E-state index in [9.17, 15) is 9.90 Å². The molecule has 2 N–H and O–H groups in total. The minimum Gasteiger partial charge on any atom is -0.508 e. The first-order valence-electron chi connectivity index (χ1n) is 6.15. The zero-order valence-corrected chi connectivity index (χ0v) is 11.1. The maximum atomic E-state index is 10.9. The summed E-state index contributed by atoms with van der Waals surface area (Å²) < 4.78 is 0.